The van der Waals surface area contributed by atoms with Gasteiger partial charge in [0, 0.05) is 18.5 Å². The lowest BCUT2D eigenvalue weighted by Gasteiger charge is -2.23. The quantitative estimate of drug-likeness (QED) is 0.826. The Morgan fingerprint density at radius 3 is 2.61 bits per heavy atom. The molecule has 0 saturated heterocycles. The van der Waals surface area contributed by atoms with Crippen LogP contribution in [0.1, 0.15) is 45.7 Å². The van der Waals surface area contributed by atoms with Gasteiger partial charge >= 0.3 is 5.97 Å². The smallest absolute Gasteiger partial charge is 0.308 e. The van der Waals surface area contributed by atoms with Crippen molar-refractivity contribution in [3.63, 3.8) is 0 Å². The Bertz CT molecular complexity index is 390. The summed E-state index contributed by atoms with van der Waals surface area (Å²) in [5.41, 5.74) is 1.08. The molecule has 0 spiro atoms. The number of anilines is 1. The Morgan fingerprint density at radius 1 is 1.50 bits per heavy atom. The monoisotopic (exact) mass is 270 g/mol. The lowest BCUT2D eigenvalue weighted by Crippen LogP contribution is -2.32. The number of aromatic nitrogens is 1. The number of rotatable bonds is 7. The maximum absolute atomic E-state index is 10.9. The van der Waals surface area contributed by atoms with Crippen molar-refractivity contribution in [3.05, 3.63) is 11.1 Å². The zero-order valence-corrected chi connectivity index (χ0v) is 12.3. The summed E-state index contributed by atoms with van der Waals surface area (Å²) in [7, 11) is 0. The molecule has 1 aromatic heterocycles. The van der Waals surface area contributed by atoms with Gasteiger partial charge < -0.3 is 10.0 Å². The van der Waals surface area contributed by atoms with Gasteiger partial charge in [-0.3, -0.25) is 4.79 Å². The van der Waals surface area contributed by atoms with Crippen molar-refractivity contribution >= 4 is 22.4 Å². The van der Waals surface area contributed by atoms with Crippen LogP contribution in [0.3, 0.4) is 0 Å². The molecule has 0 amide bonds. The van der Waals surface area contributed by atoms with Crippen molar-refractivity contribution in [2.24, 2.45) is 5.92 Å². The van der Waals surface area contributed by atoms with Crippen molar-refractivity contribution in [1.29, 1.82) is 0 Å². The molecule has 0 aliphatic heterocycles. The molecule has 0 saturated carbocycles. The van der Waals surface area contributed by atoms with Crippen molar-refractivity contribution in [2.45, 2.75) is 40.0 Å². The molecule has 0 fully saturated rings. The molecule has 0 aromatic carbocycles. The third-order valence-electron chi connectivity index (χ3n) is 2.78. The standard InChI is InChI=1S/C13H22N2O2S/c1-5-6-15(7-10(4)12(16)17)13-14-11(8-18-13)9(2)3/h8-10H,5-7H2,1-4H3,(H,16,17). The van der Waals surface area contributed by atoms with Crippen LogP contribution in [0.4, 0.5) is 5.13 Å². The highest BCUT2D eigenvalue weighted by Gasteiger charge is 2.18. The summed E-state index contributed by atoms with van der Waals surface area (Å²) < 4.78 is 0. The van der Waals surface area contributed by atoms with Crippen LogP contribution >= 0.6 is 11.3 Å². The van der Waals surface area contributed by atoms with Crippen LogP contribution in [0.2, 0.25) is 0 Å². The molecule has 1 N–H and O–H groups in total. The fraction of sp³-hybridized carbons (Fsp3) is 0.692. The van der Waals surface area contributed by atoms with E-state index in [4.69, 9.17) is 5.11 Å². The molecular weight excluding hydrogens is 248 g/mol. The second-order valence-corrected chi connectivity index (χ2v) is 5.73. The number of carboxylic acid groups (broad SMARTS) is 1. The van der Waals surface area contributed by atoms with Gasteiger partial charge in [-0.2, -0.15) is 0 Å². The van der Waals surface area contributed by atoms with E-state index < -0.39 is 5.97 Å². The van der Waals surface area contributed by atoms with Crippen LogP contribution < -0.4 is 4.90 Å². The van der Waals surface area contributed by atoms with Gasteiger partial charge in [-0.25, -0.2) is 4.98 Å². The van der Waals surface area contributed by atoms with E-state index in [0.29, 0.717) is 12.5 Å². The van der Waals surface area contributed by atoms with Gasteiger partial charge in [-0.15, -0.1) is 11.3 Å². The van der Waals surface area contributed by atoms with Crippen molar-refractivity contribution < 1.29 is 9.90 Å². The van der Waals surface area contributed by atoms with Crippen LogP contribution in [0.5, 0.6) is 0 Å². The summed E-state index contributed by atoms with van der Waals surface area (Å²) in [6, 6.07) is 0. The Balaban J connectivity index is 2.79. The van der Waals surface area contributed by atoms with Crippen molar-refractivity contribution in [3.8, 4) is 0 Å². The summed E-state index contributed by atoms with van der Waals surface area (Å²) in [4.78, 5) is 17.6. The second kappa shape index (κ2) is 6.73. The molecule has 1 heterocycles. The maximum Gasteiger partial charge on any atom is 0.308 e. The average Bonchev–Trinajstić information content (AvgIpc) is 2.77. The van der Waals surface area contributed by atoms with E-state index >= 15 is 0 Å². The number of hydrogen-bond donors (Lipinski definition) is 1. The Kier molecular flexibility index (Phi) is 5.59. The molecule has 5 heteroatoms. The van der Waals surface area contributed by atoms with Crippen molar-refractivity contribution in [2.75, 3.05) is 18.0 Å². The van der Waals surface area contributed by atoms with Crippen molar-refractivity contribution in [1.82, 2.24) is 4.98 Å². The maximum atomic E-state index is 10.9. The Morgan fingerprint density at radius 2 is 2.17 bits per heavy atom. The van der Waals surface area contributed by atoms with E-state index in [-0.39, 0.29) is 5.92 Å². The number of hydrogen-bond acceptors (Lipinski definition) is 4. The molecular formula is C13H22N2O2S. The minimum atomic E-state index is -0.753. The van der Waals surface area contributed by atoms with E-state index in [2.05, 4.69) is 36.0 Å². The third-order valence-corrected chi connectivity index (χ3v) is 3.70. The van der Waals surface area contributed by atoms with Crippen LogP contribution in [0.25, 0.3) is 0 Å². The van der Waals surface area contributed by atoms with Gasteiger partial charge in [-0.05, 0) is 12.3 Å². The molecule has 1 aromatic rings. The first-order chi connectivity index (χ1) is 8.45. The molecule has 0 aliphatic carbocycles. The first-order valence-corrected chi connectivity index (χ1v) is 7.26. The van der Waals surface area contributed by atoms with E-state index in [0.717, 1.165) is 23.8 Å². The number of nitrogens with zero attached hydrogens (tertiary/aromatic N) is 2. The highest BCUT2D eigenvalue weighted by molar-refractivity contribution is 7.13. The molecule has 1 rings (SSSR count). The lowest BCUT2D eigenvalue weighted by molar-refractivity contribution is -0.140. The van der Waals surface area contributed by atoms with Crippen LogP contribution in [-0.4, -0.2) is 29.1 Å². The molecule has 102 valence electrons. The fourth-order valence-electron chi connectivity index (χ4n) is 1.63. The molecule has 1 atom stereocenters. The minimum Gasteiger partial charge on any atom is -0.481 e. The normalized spacial score (nSPS) is 12.7. The fourth-order valence-corrected chi connectivity index (χ4v) is 2.65. The molecule has 1 unspecified atom stereocenters. The van der Waals surface area contributed by atoms with Gasteiger partial charge in [0.2, 0.25) is 0 Å². The zero-order chi connectivity index (χ0) is 13.7. The van der Waals surface area contributed by atoms with Crippen LogP contribution in [0.15, 0.2) is 5.38 Å². The molecule has 18 heavy (non-hydrogen) atoms. The second-order valence-electron chi connectivity index (χ2n) is 4.89. The summed E-state index contributed by atoms with van der Waals surface area (Å²) >= 11 is 1.60. The Hall–Kier alpha value is -1.10. The average molecular weight is 270 g/mol. The number of thiazole rings is 1. The number of carbonyl (C=O) groups is 1. The lowest BCUT2D eigenvalue weighted by atomic mass is 10.1. The third kappa shape index (κ3) is 3.98. The molecule has 0 radical (unpaired) electrons. The first kappa shape index (κ1) is 15.0. The molecule has 4 nitrogen and oxygen atoms in total. The number of carboxylic acids is 1. The Labute approximate surface area is 113 Å². The van der Waals surface area contributed by atoms with Gasteiger partial charge in [0.15, 0.2) is 5.13 Å². The van der Waals surface area contributed by atoms with E-state index in [1.807, 2.05) is 0 Å². The summed E-state index contributed by atoms with van der Waals surface area (Å²) in [5, 5.41) is 12.0. The van der Waals surface area contributed by atoms with E-state index in [9.17, 15) is 4.79 Å². The largest absolute Gasteiger partial charge is 0.481 e. The molecule has 0 aliphatic rings. The summed E-state index contributed by atoms with van der Waals surface area (Å²) in [6.07, 6.45) is 0.989. The first-order valence-electron chi connectivity index (χ1n) is 6.38. The zero-order valence-electron chi connectivity index (χ0n) is 11.5. The van der Waals surface area contributed by atoms with E-state index in [1.165, 1.54) is 0 Å². The van der Waals surface area contributed by atoms with Gasteiger partial charge in [0.1, 0.15) is 0 Å². The summed E-state index contributed by atoms with van der Waals surface area (Å²) in [6.45, 7) is 9.43. The predicted molar refractivity (Wildman–Crippen MR) is 75.5 cm³/mol. The highest BCUT2D eigenvalue weighted by Crippen LogP contribution is 2.25. The van der Waals surface area contributed by atoms with Gasteiger partial charge in [0.25, 0.3) is 0 Å². The topological polar surface area (TPSA) is 53.4 Å². The minimum absolute atomic E-state index is 0.372. The highest BCUT2D eigenvalue weighted by atomic mass is 32.1. The van der Waals surface area contributed by atoms with Gasteiger partial charge in [0.05, 0.1) is 11.6 Å². The van der Waals surface area contributed by atoms with E-state index in [1.54, 1.807) is 18.3 Å². The van der Waals surface area contributed by atoms with Crippen LogP contribution in [0, 0.1) is 5.92 Å². The van der Waals surface area contributed by atoms with Crippen LogP contribution in [-0.2, 0) is 4.79 Å². The predicted octanol–water partition coefficient (Wildman–Crippen LogP) is 3.20. The summed E-state index contributed by atoms with van der Waals surface area (Å²) in [5.74, 6) is -0.713. The molecule has 0 bridgehead atoms. The van der Waals surface area contributed by atoms with Gasteiger partial charge in [-0.1, -0.05) is 27.7 Å². The SMILES string of the molecule is CCCN(CC(C)C(=O)O)c1nc(C(C)C)cs1. The number of aliphatic carboxylic acids is 1.